The minimum atomic E-state index is -1.35. The van der Waals surface area contributed by atoms with Gasteiger partial charge in [-0.3, -0.25) is 4.79 Å². The molecule has 2 N–H and O–H groups in total. The van der Waals surface area contributed by atoms with Crippen LogP contribution in [0.4, 0.5) is 4.79 Å². The van der Waals surface area contributed by atoms with Crippen LogP contribution in [0.1, 0.15) is 53.9 Å². The summed E-state index contributed by atoms with van der Waals surface area (Å²) in [5, 5.41) is 13.2. The molecule has 0 aromatic carbocycles. The molecule has 0 spiro atoms. The summed E-state index contributed by atoms with van der Waals surface area (Å²) >= 11 is 0. The Labute approximate surface area is 149 Å². The van der Waals surface area contributed by atoms with E-state index in [0.717, 1.165) is 17.7 Å². The molecule has 1 saturated heterocycles. The summed E-state index contributed by atoms with van der Waals surface area (Å²) < 4.78 is 11.3. The third kappa shape index (κ3) is 2.51. The van der Waals surface area contributed by atoms with Gasteiger partial charge in [-0.2, -0.15) is 0 Å². The molecule has 7 heteroatoms. The van der Waals surface area contributed by atoms with E-state index in [0.29, 0.717) is 12.3 Å². The molecule has 1 heterocycles. The molecule has 0 unspecified atom stereocenters. The molecule has 25 heavy (non-hydrogen) atoms. The SMILES string of the molecule is CO[C@@H]1C[C@H]2CC[C@]1(C(=O)N1C(=O)N[C@@H](OC(C)(C)C)[C@@H]1O)C2(C)C. The van der Waals surface area contributed by atoms with Crippen molar-refractivity contribution in [1.82, 2.24) is 10.2 Å². The Bertz CT molecular complexity index is 585. The number of amides is 3. The Morgan fingerprint density at radius 2 is 2.00 bits per heavy atom. The molecule has 3 fully saturated rings. The van der Waals surface area contributed by atoms with Crippen LogP contribution >= 0.6 is 0 Å². The van der Waals surface area contributed by atoms with E-state index in [1.807, 2.05) is 20.8 Å². The van der Waals surface area contributed by atoms with Crippen LogP contribution in [-0.4, -0.2) is 53.2 Å². The average molecular weight is 354 g/mol. The quantitative estimate of drug-likeness (QED) is 0.807. The van der Waals surface area contributed by atoms with E-state index < -0.39 is 29.5 Å². The van der Waals surface area contributed by atoms with Gasteiger partial charge in [-0.25, -0.2) is 9.69 Å². The molecule has 5 atom stereocenters. The fraction of sp³-hybridized carbons (Fsp3) is 0.889. The highest BCUT2D eigenvalue weighted by Crippen LogP contribution is 2.67. The molecule has 1 aliphatic heterocycles. The van der Waals surface area contributed by atoms with Crippen LogP contribution in [0.2, 0.25) is 0 Å². The first-order valence-corrected chi connectivity index (χ1v) is 8.98. The van der Waals surface area contributed by atoms with Gasteiger partial charge in [-0.15, -0.1) is 0 Å². The summed E-state index contributed by atoms with van der Waals surface area (Å²) in [5.41, 5.74) is -1.63. The lowest BCUT2D eigenvalue weighted by molar-refractivity contribution is -0.171. The molecular weight excluding hydrogens is 324 g/mol. The van der Waals surface area contributed by atoms with Crippen LogP contribution in [0.3, 0.4) is 0 Å². The molecule has 0 radical (unpaired) electrons. The van der Waals surface area contributed by atoms with E-state index in [9.17, 15) is 14.7 Å². The molecule has 0 aromatic heterocycles. The number of fused-ring (bicyclic) bond motifs is 2. The highest BCUT2D eigenvalue weighted by Gasteiger charge is 2.70. The number of hydrogen-bond donors (Lipinski definition) is 2. The molecule has 3 aliphatic rings. The van der Waals surface area contributed by atoms with Crippen molar-refractivity contribution in [3.8, 4) is 0 Å². The molecule has 142 valence electrons. The van der Waals surface area contributed by atoms with Crippen molar-refractivity contribution >= 4 is 11.9 Å². The van der Waals surface area contributed by atoms with Gasteiger partial charge in [0, 0.05) is 7.11 Å². The highest BCUT2D eigenvalue weighted by atomic mass is 16.5. The zero-order valence-corrected chi connectivity index (χ0v) is 16.0. The number of nitrogens with zero attached hydrogens (tertiary/aromatic N) is 1. The Morgan fingerprint density at radius 1 is 1.36 bits per heavy atom. The number of hydrogen-bond acceptors (Lipinski definition) is 5. The lowest BCUT2D eigenvalue weighted by atomic mass is 9.67. The first kappa shape index (κ1) is 18.6. The normalized spacial score (nSPS) is 39.8. The first-order chi connectivity index (χ1) is 11.5. The second-order valence-corrected chi connectivity index (χ2v) is 9.08. The number of nitrogens with one attached hydrogen (secondary N) is 1. The predicted octanol–water partition coefficient (Wildman–Crippen LogP) is 1.84. The third-order valence-corrected chi connectivity index (χ3v) is 6.49. The summed E-state index contributed by atoms with van der Waals surface area (Å²) in [7, 11) is 1.61. The van der Waals surface area contributed by atoms with Gasteiger partial charge in [0.1, 0.15) is 0 Å². The zero-order valence-electron chi connectivity index (χ0n) is 16.0. The lowest BCUT2D eigenvalue weighted by Crippen LogP contribution is -2.56. The van der Waals surface area contributed by atoms with Crippen LogP contribution in [0, 0.1) is 16.7 Å². The molecular formula is C18H30N2O5. The van der Waals surface area contributed by atoms with Crippen LogP contribution in [-0.2, 0) is 14.3 Å². The third-order valence-electron chi connectivity index (χ3n) is 6.49. The minimum Gasteiger partial charge on any atom is -0.380 e. The van der Waals surface area contributed by atoms with Crippen molar-refractivity contribution < 1.29 is 24.2 Å². The van der Waals surface area contributed by atoms with Gasteiger partial charge in [0.15, 0.2) is 12.5 Å². The summed E-state index contributed by atoms with van der Waals surface area (Å²) in [5.74, 6) is 0.0280. The van der Waals surface area contributed by atoms with Crippen molar-refractivity contribution in [3.05, 3.63) is 0 Å². The van der Waals surface area contributed by atoms with E-state index >= 15 is 0 Å². The van der Waals surface area contributed by atoms with Crippen molar-refractivity contribution in [2.45, 2.75) is 78.0 Å². The highest BCUT2D eigenvalue weighted by molar-refractivity contribution is 6.00. The lowest BCUT2D eigenvalue weighted by Gasteiger charge is -2.42. The van der Waals surface area contributed by atoms with E-state index in [4.69, 9.17) is 9.47 Å². The molecule has 2 saturated carbocycles. The van der Waals surface area contributed by atoms with Crippen LogP contribution in [0.5, 0.6) is 0 Å². The van der Waals surface area contributed by atoms with Gasteiger partial charge < -0.3 is 19.9 Å². The molecule has 0 aromatic rings. The summed E-state index contributed by atoms with van der Waals surface area (Å²) in [6, 6.07) is -0.609. The maximum atomic E-state index is 13.5. The van der Waals surface area contributed by atoms with E-state index in [-0.39, 0.29) is 17.4 Å². The van der Waals surface area contributed by atoms with Crippen LogP contribution in [0.25, 0.3) is 0 Å². The largest absolute Gasteiger partial charge is 0.380 e. The number of aliphatic hydroxyl groups excluding tert-OH is 1. The first-order valence-electron chi connectivity index (χ1n) is 8.98. The number of carbonyl (C=O) groups excluding carboxylic acids is 2. The second kappa shape index (κ2) is 5.66. The Kier molecular flexibility index (Phi) is 4.21. The fourth-order valence-corrected chi connectivity index (χ4v) is 5.13. The topological polar surface area (TPSA) is 88.1 Å². The van der Waals surface area contributed by atoms with Crippen molar-refractivity contribution in [2.24, 2.45) is 16.7 Å². The molecule has 2 bridgehead atoms. The predicted molar refractivity (Wildman–Crippen MR) is 90.4 cm³/mol. The van der Waals surface area contributed by atoms with Crippen LogP contribution in [0.15, 0.2) is 0 Å². The van der Waals surface area contributed by atoms with E-state index in [1.54, 1.807) is 7.11 Å². The van der Waals surface area contributed by atoms with Crippen molar-refractivity contribution in [1.29, 1.82) is 0 Å². The second-order valence-electron chi connectivity index (χ2n) is 9.08. The van der Waals surface area contributed by atoms with Gasteiger partial charge in [0.25, 0.3) is 0 Å². The molecule has 3 rings (SSSR count). The number of ether oxygens (including phenoxy) is 2. The summed E-state index contributed by atoms with van der Waals surface area (Å²) in [6.45, 7) is 9.64. The monoisotopic (exact) mass is 354 g/mol. The van der Waals surface area contributed by atoms with Crippen molar-refractivity contribution in [3.63, 3.8) is 0 Å². The zero-order chi connectivity index (χ0) is 18.8. The van der Waals surface area contributed by atoms with E-state index in [2.05, 4.69) is 19.2 Å². The van der Waals surface area contributed by atoms with E-state index in [1.165, 1.54) is 0 Å². The summed E-state index contributed by atoms with van der Waals surface area (Å²) in [4.78, 5) is 26.9. The minimum absolute atomic E-state index is 0.240. The number of carbonyl (C=O) groups is 2. The number of rotatable bonds is 3. The van der Waals surface area contributed by atoms with Gasteiger partial charge in [0.2, 0.25) is 5.91 Å². The van der Waals surface area contributed by atoms with Gasteiger partial charge >= 0.3 is 6.03 Å². The summed E-state index contributed by atoms with van der Waals surface area (Å²) in [6.07, 6.45) is -0.105. The number of imide groups is 1. The van der Waals surface area contributed by atoms with Crippen molar-refractivity contribution in [2.75, 3.05) is 7.11 Å². The molecule has 7 nitrogen and oxygen atoms in total. The standard InChI is InChI=1S/C18H30N2O5/c1-16(2,3)25-12-13(21)20(15(23)19-12)14(22)18-8-7-10(17(18,4)5)9-11(18)24-6/h10-13,21H,7-9H2,1-6H3,(H,19,23)/t10-,11-,12+,13+,18+/m1/s1. The maximum Gasteiger partial charge on any atom is 0.328 e. The smallest absolute Gasteiger partial charge is 0.328 e. The number of methoxy groups -OCH3 is 1. The maximum absolute atomic E-state index is 13.5. The Morgan fingerprint density at radius 3 is 2.52 bits per heavy atom. The van der Waals surface area contributed by atoms with Gasteiger partial charge in [0.05, 0.1) is 17.1 Å². The number of urea groups is 1. The molecule has 3 amide bonds. The Balaban J connectivity index is 1.91. The molecule has 2 aliphatic carbocycles. The Hall–Kier alpha value is -1.18. The average Bonchev–Trinajstić information content (AvgIpc) is 3.00. The number of aliphatic hydroxyl groups is 1. The fourth-order valence-electron chi connectivity index (χ4n) is 5.13. The van der Waals surface area contributed by atoms with Crippen LogP contribution < -0.4 is 5.32 Å². The van der Waals surface area contributed by atoms with Gasteiger partial charge in [-0.1, -0.05) is 13.8 Å². The van der Waals surface area contributed by atoms with Gasteiger partial charge in [-0.05, 0) is 51.4 Å².